The lowest BCUT2D eigenvalue weighted by molar-refractivity contribution is 0.00783. The molecule has 1 aliphatic carbocycles. The summed E-state index contributed by atoms with van der Waals surface area (Å²) in [5.41, 5.74) is -0.911. The summed E-state index contributed by atoms with van der Waals surface area (Å²) in [7, 11) is -2.42. The molecule has 0 radical (unpaired) electrons. The first-order valence-electron chi connectivity index (χ1n) is 4.78. The predicted octanol–water partition coefficient (Wildman–Crippen LogP) is 0.664. The molecule has 0 heterocycles. The van der Waals surface area contributed by atoms with Crippen molar-refractivity contribution in [1.82, 2.24) is 0 Å². The van der Waals surface area contributed by atoms with Gasteiger partial charge in [-0.3, -0.25) is 0 Å². The highest BCUT2D eigenvalue weighted by Crippen LogP contribution is 2.36. The Bertz CT molecular complexity index is 467. The second-order valence-electron chi connectivity index (χ2n) is 3.55. The van der Waals surface area contributed by atoms with Gasteiger partial charge in [-0.2, -0.15) is 5.26 Å². The van der Waals surface area contributed by atoms with Crippen molar-refractivity contribution in [3.63, 3.8) is 0 Å². The lowest BCUT2D eigenvalue weighted by Crippen LogP contribution is -2.42. The van der Waals surface area contributed by atoms with Crippen molar-refractivity contribution < 1.29 is 13.2 Å². The number of rotatable bonds is 3. The van der Waals surface area contributed by atoms with Gasteiger partial charge in [-0.05, 0) is 12.5 Å². The molecule has 0 bridgehead atoms. The molecular formula is C10H14N2O3S. The van der Waals surface area contributed by atoms with Gasteiger partial charge in [0, 0.05) is 7.11 Å². The third kappa shape index (κ3) is 2.02. The van der Waals surface area contributed by atoms with Gasteiger partial charge in [-0.15, -0.1) is 0 Å². The zero-order valence-corrected chi connectivity index (χ0v) is 9.99. The fraction of sp³-hybridized carbons (Fsp3) is 0.500. The smallest absolute Gasteiger partial charge is 0.235 e. The maximum absolute atomic E-state index is 11.3. The average molecular weight is 242 g/mol. The fourth-order valence-electron chi connectivity index (χ4n) is 1.82. The summed E-state index contributed by atoms with van der Waals surface area (Å²) in [6, 6.07) is 1.95. The average Bonchev–Trinajstić information content (AvgIpc) is 2.26. The zero-order chi connectivity index (χ0) is 12.4. The molecule has 0 spiro atoms. The van der Waals surface area contributed by atoms with E-state index in [1.54, 1.807) is 12.2 Å². The van der Waals surface area contributed by atoms with Gasteiger partial charge in [-0.25, -0.2) is 13.6 Å². The number of ether oxygens (including phenoxy) is 1. The van der Waals surface area contributed by atoms with Crippen molar-refractivity contribution in [3.05, 3.63) is 23.1 Å². The Kier molecular flexibility index (Phi) is 3.53. The molecule has 0 saturated heterocycles. The van der Waals surface area contributed by atoms with Gasteiger partial charge in [0.05, 0.1) is 11.0 Å². The highest BCUT2D eigenvalue weighted by molar-refractivity contribution is 7.93. The van der Waals surface area contributed by atoms with E-state index in [4.69, 9.17) is 15.1 Å². The first kappa shape index (κ1) is 12.9. The molecule has 2 atom stereocenters. The molecular weight excluding hydrogens is 228 g/mol. The highest BCUT2D eigenvalue weighted by Gasteiger charge is 2.42. The van der Waals surface area contributed by atoms with E-state index in [0.29, 0.717) is 6.42 Å². The minimum Gasteiger partial charge on any atom is -0.372 e. The molecule has 1 aliphatic rings. The molecule has 6 heteroatoms. The van der Waals surface area contributed by atoms with Gasteiger partial charge in [-0.1, -0.05) is 19.1 Å². The Hall–Kier alpha value is -1.16. The lowest BCUT2D eigenvalue weighted by Gasteiger charge is -2.35. The summed E-state index contributed by atoms with van der Waals surface area (Å²) in [5.74, 6) is -0.900. The van der Waals surface area contributed by atoms with E-state index in [2.05, 4.69) is 0 Å². The van der Waals surface area contributed by atoms with Gasteiger partial charge in [0.25, 0.3) is 0 Å². The number of hydrogen-bond acceptors (Lipinski definition) is 4. The van der Waals surface area contributed by atoms with Crippen LogP contribution in [-0.4, -0.2) is 21.1 Å². The fourth-order valence-corrected chi connectivity index (χ4v) is 2.67. The summed E-state index contributed by atoms with van der Waals surface area (Å²) in [5, 5.41) is 14.2. The third-order valence-corrected chi connectivity index (χ3v) is 3.83. The van der Waals surface area contributed by atoms with E-state index >= 15 is 0 Å². The predicted molar refractivity (Wildman–Crippen MR) is 59.5 cm³/mol. The summed E-state index contributed by atoms with van der Waals surface area (Å²) in [6.45, 7) is 1.82. The van der Waals surface area contributed by atoms with Crippen molar-refractivity contribution in [2.45, 2.75) is 18.9 Å². The van der Waals surface area contributed by atoms with Gasteiger partial charge in [0.15, 0.2) is 0 Å². The van der Waals surface area contributed by atoms with Crippen LogP contribution < -0.4 is 5.14 Å². The van der Waals surface area contributed by atoms with Crippen molar-refractivity contribution in [2.75, 3.05) is 7.11 Å². The maximum Gasteiger partial charge on any atom is 0.235 e. The molecule has 2 N–H and O–H groups in total. The third-order valence-electron chi connectivity index (χ3n) is 2.80. The van der Waals surface area contributed by atoms with Crippen molar-refractivity contribution in [1.29, 1.82) is 5.26 Å². The van der Waals surface area contributed by atoms with Crippen LogP contribution in [0.25, 0.3) is 0 Å². The first-order chi connectivity index (χ1) is 7.41. The van der Waals surface area contributed by atoms with Crippen LogP contribution in [0.3, 0.4) is 0 Å². The molecule has 88 valence electrons. The standard InChI is InChI=1S/C10H14N2O3S/c1-3-10(15-2)6-4-5-9(8(10)7-11)16(12,13)14/h4-6,8H,3H2,1-2H3,(H2,12,13,14). The Balaban J connectivity index is 3.33. The number of sulfonamides is 1. The van der Waals surface area contributed by atoms with Gasteiger partial charge >= 0.3 is 0 Å². The normalized spacial score (nSPS) is 29.6. The number of allylic oxidation sites excluding steroid dienone is 2. The molecule has 0 aliphatic heterocycles. The van der Waals surface area contributed by atoms with Crippen LogP contribution in [0.1, 0.15) is 13.3 Å². The molecule has 0 amide bonds. The van der Waals surface area contributed by atoms with Crippen LogP contribution in [0.2, 0.25) is 0 Å². The monoisotopic (exact) mass is 242 g/mol. The number of hydrogen-bond donors (Lipinski definition) is 1. The van der Waals surface area contributed by atoms with Crippen LogP contribution >= 0.6 is 0 Å². The highest BCUT2D eigenvalue weighted by atomic mass is 32.2. The summed E-state index contributed by atoms with van der Waals surface area (Å²) in [6.07, 6.45) is 5.08. The van der Waals surface area contributed by atoms with Crippen LogP contribution in [0.5, 0.6) is 0 Å². The van der Waals surface area contributed by atoms with Gasteiger partial charge < -0.3 is 4.74 Å². The molecule has 0 aromatic carbocycles. The number of nitrogens with zero attached hydrogens (tertiary/aromatic N) is 1. The molecule has 0 aromatic heterocycles. The van der Waals surface area contributed by atoms with Gasteiger partial charge in [0.1, 0.15) is 11.5 Å². The SMILES string of the molecule is CCC1(OC)C=CC=C(S(N)(=O)=O)C1C#N. The first-order valence-corrected chi connectivity index (χ1v) is 6.33. The number of nitriles is 1. The summed E-state index contributed by atoms with van der Waals surface area (Å²) < 4.78 is 28.0. The van der Waals surface area contributed by atoms with E-state index in [1.165, 1.54) is 13.2 Å². The minimum absolute atomic E-state index is 0.0961. The summed E-state index contributed by atoms with van der Waals surface area (Å²) >= 11 is 0. The topological polar surface area (TPSA) is 93.2 Å². The van der Waals surface area contributed by atoms with Crippen LogP contribution in [0.15, 0.2) is 23.1 Å². The van der Waals surface area contributed by atoms with Gasteiger partial charge in [0.2, 0.25) is 10.0 Å². The second kappa shape index (κ2) is 4.37. The summed E-state index contributed by atoms with van der Waals surface area (Å²) in [4.78, 5) is -0.0961. The molecule has 0 saturated carbocycles. The minimum atomic E-state index is -3.87. The van der Waals surface area contributed by atoms with Crippen LogP contribution in [-0.2, 0) is 14.8 Å². The lowest BCUT2D eigenvalue weighted by atomic mass is 9.82. The Morgan fingerprint density at radius 3 is 2.69 bits per heavy atom. The second-order valence-corrected chi connectivity index (χ2v) is 5.11. The number of primary sulfonamides is 1. The van der Waals surface area contributed by atoms with Crippen molar-refractivity contribution >= 4 is 10.0 Å². The molecule has 2 unspecified atom stereocenters. The van der Waals surface area contributed by atoms with Crippen LogP contribution in [0, 0.1) is 17.2 Å². The molecule has 5 nitrogen and oxygen atoms in total. The quantitative estimate of drug-likeness (QED) is 0.786. The van der Waals surface area contributed by atoms with E-state index in [1.807, 2.05) is 13.0 Å². The molecule has 1 rings (SSSR count). The maximum atomic E-state index is 11.3. The van der Waals surface area contributed by atoms with Crippen molar-refractivity contribution in [2.24, 2.45) is 11.1 Å². The Morgan fingerprint density at radius 2 is 2.31 bits per heavy atom. The zero-order valence-electron chi connectivity index (χ0n) is 9.17. The molecule has 0 fully saturated rings. The molecule has 16 heavy (non-hydrogen) atoms. The van der Waals surface area contributed by atoms with E-state index in [-0.39, 0.29) is 4.91 Å². The number of nitrogens with two attached hydrogens (primary N) is 1. The largest absolute Gasteiger partial charge is 0.372 e. The van der Waals surface area contributed by atoms with Crippen LogP contribution in [0.4, 0.5) is 0 Å². The van der Waals surface area contributed by atoms with Crippen molar-refractivity contribution in [3.8, 4) is 6.07 Å². The number of methoxy groups -OCH3 is 1. The van der Waals surface area contributed by atoms with E-state index in [0.717, 1.165) is 0 Å². The van der Waals surface area contributed by atoms with E-state index < -0.39 is 21.5 Å². The van der Waals surface area contributed by atoms with E-state index in [9.17, 15) is 8.42 Å². The molecule has 0 aromatic rings. The Labute approximate surface area is 95.2 Å². The Morgan fingerprint density at radius 1 is 1.69 bits per heavy atom.